The number of amides is 1. The van der Waals surface area contributed by atoms with Crippen molar-refractivity contribution in [1.82, 2.24) is 0 Å². The number of hydrogen-bond acceptors (Lipinski definition) is 3. The van der Waals surface area contributed by atoms with Gasteiger partial charge in [0.05, 0.1) is 0 Å². The van der Waals surface area contributed by atoms with Crippen LogP contribution in [0.4, 0.5) is 5.69 Å². The minimum absolute atomic E-state index is 0.115. The van der Waals surface area contributed by atoms with Crippen LogP contribution in [0, 0.1) is 5.41 Å². The normalized spacial score (nSPS) is 19.0. The van der Waals surface area contributed by atoms with Crippen LogP contribution in [0.3, 0.4) is 0 Å². The van der Waals surface area contributed by atoms with Crippen molar-refractivity contribution in [2.45, 2.75) is 18.9 Å². The highest BCUT2D eigenvalue weighted by Crippen LogP contribution is 2.27. The van der Waals surface area contributed by atoms with Gasteiger partial charge in [0, 0.05) is 17.7 Å². The fraction of sp³-hybridized carbons (Fsp3) is 0.250. The van der Waals surface area contributed by atoms with Gasteiger partial charge in [-0.1, -0.05) is 12.1 Å². The van der Waals surface area contributed by atoms with E-state index < -0.39 is 12.0 Å². The molecule has 0 saturated carbocycles. The van der Waals surface area contributed by atoms with Crippen molar-refractivity contribution < 1.29 is 14.7 Å². The monoisotopic (exact) mass is 247 g/mol. The Kier molecular flexibility index (Phi) is 3.01. The van der Waals surface area contributed by atoms with Gasteiger partial charge >= 0.3 is 5.97 Å². The van der Waals surface area contributed by atoms with Crippen molar-refractivity contribution in [2.24, 2.45) is 5.73 Å². The zero-order valence-electron chi connectivity index (χ0n) is 9.59. The number of anilines is 1. The van der Waals surface area contributed by atoms with Gasteiger partial charge in [-0.3, -0.25) is 15.1 Å². The molecule has 1 atom stereocenters. The molecule has 1 aliphatic heterocycles. The second-order valence-corrected chi connectivity index (χ2v) is 4.12. The topological polar surface area (TPSA) is 107 Å². The Morgan fingerprint density at radius 3 is 2.83 bits per heavy atom. The van der Waals surface area contributed by atoms with Crippen LogP contribution in [0.25, 0.3) is 0 Å². The highest BCUT2D eigenvalue weighted by molar-refractivity contribution is 6.03. The second-order valence-electron chi connectivity index (χ2n) is 4.12. The Morgan fingerprint density at radius 1 is 1.50 bits per heavy atom. The molecule has 1 saturated heterocycles. The van der Waals surface area contributed by atoms with Crippen molar-refractivity contribution in [3.63, 3.8) is 0 Å². The van der Waals surface area contributed by atoms with Crippen LogP contribution in [0.15, 0.2) is 24.3 Å². The molecule has 6 nitrogen and oxygen atoms in total. The molecule has 1 aromatic rings. The predicted octanol–water partition coefficient (Wildman–Crippen LogP) is 0.551. The van der Waals surface area contributed by atoms with Crippen LogP contribution in [-0.4, -0.2) is 28.9 Å². The molecule has 1 fully saturated rings. The summed E-state index contributed by atoms with van der Waals surface area (Å²) in [5, 5.41) is 16.4. The summed E-state index contributed by atoms with van der Waals surface area (Å²) >= 11 is 0. The summed E-state index contributed by atoms with van der Waals surface area (Å²) in [6.07, 6.45) is 0.528. The summed E-state index contributed by atoms with van der Waals surface area (Å²) in [7, 11) is 0. The number of rotatable bonds is 3. The van der Waals surface area contributed by atoms with Crippen LogP contribution in [0.5, 0.6) is 0 Å². The van der Waals surface area contributed by atoms with Crippen LogP contribution in [0.1, 0.15) is 18.4 Å². The molecular weight excluding hydrogens is 234 g/mol. The summed E-state index contributed by atoms with van der Waals surface area (Å²) in [5.74, 6) is -1.35. The van der Waals surface area contributed by atoms with E-state index in [2.05, 4.69) is 0 Å². The van der Waals surface area contributed by atoms with E-state index >= 15 is 0 Å². The molecule has 1 aromatic carbocycles. The standard InChI is InChI=1S/C12H13N3O3/c13-11(14)7-2-1-3-8(6-7)15-9(12(17)18)4-5-10(15)16/h1-3,6,9H,4-5H2,(H3,13,14)(H,17,18). The first-order valence-corrected chi connectivity index (χ1v) is 5.50. The highest BCUT2D eigenvalue weighted by Gasteiger charge is 2.37. The SMILES string of the molecule is N=C(N)c1cccc(N2C(=O)CCC2C(=O)O)c1. The van der Waals surface area contributed by atoms with E-state index in [-0.39, 0.29) is 18.2 Å². The van der Waals surface area contributed by atoms with Crippen molar-refractivity contribution in [3.05, 3.63) is 29.8 Å². The Morgan fingerprint density at radius 2 is 2.22 bits per heavy atom. The first-order valence-electron chi connectivity index (χ1n) is 5.50. The highest BCUT2D eigenvalue weighted by atomic mass is 16.4. The van der Waals surface area contributed by atoms with E-state index in [1.165, 1.54) is 4.90 Å². The van der Waals surface area contributed by atoms with E-state index in [1.807, 2.05) is 0 Å². The maximum Gasteiger partial charge on any atom is 0.326 e. The molecule has 1 aliphatic rings. The lowest BCUT2D eigenvalue weighted by atomic mass is 10.1. The number of carbonyl (C=O) groups excluding carboxylic acids is 1. The molecule has 94 valence electrons. The van der Waals surface area contributed by atoms with Crippen LogP contribution in [-0.2, 0) is 9.59 Å². The molecule has 6 heteroatoms. The summed E-state index contributed by atoms with van der Waals surface area (Å²) in [6.45, 7) is 0. The third kappa shape index (κ3) is 2.04. The fourth-order valence-corrected chi connectivity index (χ4v) is 2.06. The molecule has 4 N–H and O–H groups in total. The number of carboxylic acid groups (broad SMARTS) is 1. The molecule has 18 heavy (non-hydrogen) atoms. The quantitative estimate of drug-likeness (QED) is 0.535. The Labute approximate surface area is 104 Å². The molecule has 1 amide bonds. The molecular formula is C12H13N3O3. The molecule has 0 aromatic heterocycles. The number of carbonyl (C=O) groups is 2. The Balaban J connectivity index is 2.40. The average Bonchev–Trinajstić information content (AvgIpc) is 2.71. The van der Waals surface area contributed by atoms with Gasteiger partial charge in [0.1, 0.15) is 11.9 Å². The Bertz CT molecular complexity index is 527. The van der Waals surface area contributed by atoms with Gasteiger partial charge in [0.25, 0.3) is 0 Å². The van der Waals surface area contributed by atoms with Gasteiger partial charge in [0.2, 0.25) is 5.91 Å². The van der Waals surface area contributed by atoms with E-state index in [4.69, 9.17) is 16.2 Å². The maximum absolute atomic E-state index is 11.7. The van der Waals surface area contributed by atoms with Crippen molar-refractivity contribution in [3.8, 4) is 0 Å². The summed E-state index contributed by atoms with van der Waals surface area (Å²) in [4.78, 5) is 24.1. The van der Waals surface area contributed by atoms with Gasteiger partial charge in [-0.2, -0.15) is 0 Å². The van der Waals surface area contributed by atoms with Crippen molar-refractivity contribution in [2.75, 3.05) is 4.90 Å². The third-order valence-electron chi connectivity index (χ3n) is 2.93. The van der Waals surface area contributed by atoms with Gasteiger partial charge < -0.3 is 10.8 Å². The lowest BCUT2D eigenvalue weighted by molar-refractivity contribution is -0.138. The molecule has 2 rings (SSSR count). The molecule has 1 heterocycles. The maximum atomic E-state index is 11.7. The zero-order valence-corrected chi connectivity index (χ0v) is 9.59. The number of hydrogen-bond donors (Lipinski definition) is 3. The summed E-state index contributed by atoms with van der Waals surface area (Å²) in [5.41, 5.74) is 6.31. The number of carboxylic acids is 1. The van der Waals surface area contributed by atoms with Crippen molar-refractivity contribution in [1.29, 1.82) is 5.41 Å². The number of nitrogen functional groups attached to an aromatic ring is 1. The smallest absolute Gasteiger partial charge is 0.326 e. The number of benzene rings is 1. The molecule has 1 unspecified atom stereocenters. The van der Waals surface area contributed by atoms with Crippen LogP contribution >= 0.6 is 0 Å². The van der Waals surface area contributed by atoms with E-state index in [9.17, 15) is 9.59 Å². The molecule has 0 aliphatic carbocycles. The predicted molar refractivity (Wildman–Crippen MR) is 65.6 cm³/mol. The van der Waals surface area contributed by atoms with E-state index in [1.54, 1.807) is 24.3 Å². The van der Waals surface area contributed by atoms with Crippen LogP contribution in [0.2, 0.25) is 0 Å². The van der Waals surface area contributed by atoms with Crippen LogP contribution < -0.4 is 10.6 Å². The van der Waals surface area contributed by atoms with E-state index in [0.717, 1.165) is 0 Å². The number of nitrogens with one attached hydrogen (secondary N) is 1. The first-order chi connectivity index (χ1) is 8.50. The number of aliphatic carboxylic acids is 1. The van der Waals surface area contributed by atoms with Crippen molar-refractivity contribution >= 4 is 23.4 Å². The lowest BCUT2D eigenvalue weighted by Gasteiger charge is -2.22. The Hall–Kier alpha value is -2.37. The summed E-state index contributed by atoms with van der Waals surface area (Å²) < 4.78 is 0. The largest absolute Gasteiger partial charge is 0.480 e. The minimum atomic E-state index is -1.02. The number of nitrogens with two attached hydrogens (primary N) is 1. The average molecular weight is 247 g/mol. The molecule has 0 spiro atoms. The van der Waals surface area contributed by atoms with Gasteiger partial charge in [-0.05, 0) is 18.6 Å². The summed E-state index contributed by atoms with van der Waals surface area (Å²) in [6, 6.07) is 5.66. The zero-order chi connectivity index (χ0) is 13.3. The second kappa shape index (κ2) is 4.48. The first kappa shape index (κ1) is 12.1. The van der Waals surface area contributed by atoms with Gasteiger partial charge in [-0.25, -0.2) is 4.79 Å². The lowest BCUT2D eigenvalue weighted by Crippen LogP contribution is -2.38. The fourth-order valence-electron chi connectivity index (χ4n) is 2.06. The number of nitrogens with zero attached hydrogens (tertiary/aromatic N) is 1. The van der Waals surface area contributed by atoms with Gasteiger partial charge in [-0.15, -0.1) is 0 Å². The van der Waals surface area contributed by atoms with Gasteiger partial charge in [0.15, 0.2) is 0 Å². The van der Waals surface area contributed by atoms with E-state index in [0.29, 0.717) is 17.7 Å². The minimum Gasteiger partial charge on any atom is -0.480 e. The third-order valence-corrected chi connectivity index (χ3v) is 2.93. The molecule has 0 radical (unpaired) electrons. The number of amidine groups is 1. The molecule has 0 bridgehead atoms.